The van der Waals surface area contributed by atoms with E-state index in [0.29, 0.717) is 5.88 Å². The van der Waals surface area contributed by atoms with Crippen LogP contribution in [0.15, 0.2) is 77.8 Å². The molecule has 0 saturated heterocycles. The fourth-order valence-electron chi connectivity index (χ4n) is 4.08. The van der Waals surface area contributed by atoms with Gasteiger partial charge in [0.1, 0.15) is 6.10 Å². The third-order valence-corrected chi connectivity index (χ3v) is 5.86. The second-order valence-electron chi connectivity index (χ2n) is 8.06. The van der Waals surface area contributed by atoms with E-state index in [2.05, 4.69) is 29.2 Å². The lowest BCUT2D eigenvalue weighted by atomic mass is 9.87. The number of esters is 1. The van der Waals surface area contributed by atoms with E-state index < -0.39 is 0 Å². The quantitative estimate of drug-likeness (QED) is 0.375. The van der Waals surface area contributed by atoms with Crippen LogP contribution in [0.3, 0.4) is 0 Å². The Kier molecular flexibility index (Phi) is 6.95. The van der Waals surface area contributed by atoms with Gasteiger partial charge in [-0.05, 0) is 38.7 Å². The number of carbonyl (C=O) groups excluding carboxylic acids is 1. The molecule has 1 heterocycles. The van der Waals surface area contributed by atoms with Gasteiger partial charge in [0.25, 0.3) is 0 Å². The maximum absolute atomic E-state index is 11.7. The lowest BCUT2D eigenvalue weighted by Crippen LogP contribution is -2.28. The molecule has 0 atom stereocenters. The van der Waals surface area contributed by atoms with Gasteiger partial charge in [0.15, 0.2) is 0 Å². The van der Waals surface area contributed by atoms with Gasteiger partial charge in [-0.3, -0.25) is 4.79 Å². The number of aromatic nitrogens is 1. The Hall–Kier alpha value is -3.47. The Morgan fingerprint density at radius 1 is 0.875 bits per heavy atom. The molecule has 0 radical (unpaired) electrons. The average Bonchev–Trinajstić information content (AvgIpc) is 2.84. The molecule has 2 aromatic carbocycles. The largest absolute Gasteiger partial charge is 0.474 e. The molecule has 1 saturated carbocycles. The summed E-state index contributed by atoms with van der Waals surface area (Å²) in [5, 5.41) is 0. The average molecular weight is 429 g/mol. The highest BCUT2D eigenvalue weighted by Crippen LogP contribution is 2.29. The van der Waals surface area contributed by atoms with Crippen molar-refractivity contribution in [1.29, 1.82) is 0 Å². The summed E-state index contributed by atoms with van der Waals surface area (Å²) in [6.07, 6.45) is 3.30. The van der Waals surface area contributed by atoms with Gasteiger partial charge in [-0.25, -0.2) is 9.98 Å². The van der Waals surface area contributed by atoms with Gasteiger partial charge < -0.3 is 9.47 Å². The zero-order valence-corrected chi connectivity index (χ0v) is 18.5. The van der Waals surface area contributed by atoms with E-state index in [0.717, 1.165) is 53.9 Å². The van der Waals surface area contributed by atoms with Crippen molar-refractivity contribution in [1.82, 2.24) is 4.98 Å². The van der Waals surface area contributed by atoms with Crippen molar-refractivity contribution in [3.63, 3.8) is 0 Å². The van der Waals surface area contributed by atoms with Crippen LogP contribution in [0, 0.1) is 12.8 Å². The van der Waals surface area contributed by atoms with Crippen molar-refractivity contribution in [2.75, 3.05) is 7.11 Å². The normalized spacial score (nSPS) is 17.9. The van der Waals surface area contributed by atoms with E-state index in [1.807, 2.05) is 55.5 Å². The highest BCUT2D eigenvalue weighted by atomic mass is 16.5. The van der Waals surface area contributed by atoms with Crippen LogP contribution in [-0.4, -0.2) is 29.9 Å². The lowest BCUT2D eigenvalue weighted by molar-refractivity contribution is -0.147. The predicted molar refractivity (Wildman–Crippen MR) is 126 cm³/mol. The van der Waals surface area contributed by atoms with Gasteiger partial charge in [-0.1, -0.05) is 60.7 Å². The summed E-state index contributed by atoms with van der Waals surface area (Å²) < 4.78 is 11.0. The number of hydrogen-bond acceptors (Lipinski definition) is 5. The summed E-state index contributed by atoms with van der Waals surface area (Å²) in [5.41, 5.74) is 4.65. The number of hydrogen-bond donors (Lipinski definition) is 0. The van der Waals surface area contributed by atoms with Crippen LogP contribution in [0.5, 0.6) is 5.88 Å². The molecule has 164 valence electrons. The number of aliphatic imine (C=N–C) groups is 1. The molecule has 0 N–H and O–H groups in total. The highest BCUT2D eigenvalue weighted by molar-refractivity contribution is 6.14. The third-order valence-electron chi connectivity index (χ3n) is 5.86. The predicted octanol–water partition coefficient (Wildman–Crippen LogP) is 5.67. The van der Waals surface area contributed by atoms with Crippen LogP contribution < -0.4 is 4.74 Å². The number of nitrogens with zero attached hydrogens (tertiary/aromatic N) is 2. The number of benzene rings is 2. The Balaban J connectivity index is 1.52. The van der Waals surface area contributed by atoms with E-state index in [1.165, 1.54) is 7.11 Å². The van der Waals surface area contributed by atoms with Crippen molar-refractivity contribution in [3.05, 3.63) is 89.6 Å². The molecule has 5 heteroatoms. The molecule has 4 rings (SSSR count). The molecule has 1 fully saturated rings. The van der Waals surface area contributed by atoms with E-state index in [-0.39, 0.29) is 18.0 Å². The summed E-state index contributed by atoms with van der Waals surface area (Å²) in [4.78, 5) is 21.3. The standard InChI is InChI=1S/C27H28N2O3/c1-19-24(29-26(20-9-5-3-6-10-20)21-11-7-4-8-12-21)17-18-25(28-19)32-23-15-13-22(14-16-23)27(30)31-2/h3-12,17-18,22-23H,13-16H2,1-2H3. The number of rotatable bonds is 6. The number of aryl methyl sites for hydroxylation is 1. The third kappa shape index (κ3) is 5.22. The maximum Gasteiger partial charge on any atom is 0.308 e. The summed E-state index contributed by atoms with van der Waals surface area (Å²) in [7, 11) is 1.45. The molecule has 0 aliphatic heterocycles. The summed E-state index contributed by atoms with van der Waals surface area (Å²) in [5.74, 6) is 0.469. The van der Waals surface area contributed by atoms with Gasteiger partial charge in [0, 0.05) is 17.2 Å². The van der Waals surface area contributed by atoms with Crippen LogP contribution in [0.4, 0.5) is 5.69 Å². The minimum Gasteiger partial charge on any atom is -0.474 e. The molecule has 0 bridgehead atoms. The van der Waals surface area contributed by atoms with E-state index in [4.69, 9.17) is 14.5 Å². The van der Waals surface area contributed by atoms with Crippen molar-refractivity contribution in [2.24, 2.45) is 10.9 Å². The smallest absolute Gasteiger partial charge is 0.308 e. The monoisotopic (exact) mass is 428 g/mol. The maximum atomic E-state index is 11.7. The summed E-state index contributed by atoms with van der Waals surface area (Å²) in [6, 6.07) is 24.2. The molecule has 1 aliphatic rings. The van der Waals surface area contributed by atoms with Gasteiger partial charge in [0.05, 0.1) is 30.1 Å². The molecular weight excluding hydrogens is 400 g/mol. The number of carbonyl (C=O) groups is 1. The SMILES string of the molecule is COC(=O)C1CCC(Oc2ccc(N=C(c3ccccc3)c3ccccc3)c(C)n2)CC1. The molecule has 0 spiro atoms. The van der Waals surface area contributed by atoms with E-state index in [1.54, 1.807) is 0 Å². The van der Waals surface area contributed by atoms with Crippen molar-refractivity contribution >= 4 is 17.4 Å². The van der Waals surface area contributed by atoms with Crippen molar-refractivity contribution < 1.29 is 14.3 Å². The van der Waals surface area contributed by atoms with Gasteiger partial charge in [0.2, 0.25) is 5.88 Å². The van der Waals surface area contributed by atoms with Crippen LogP contribution in [0.2, 0.25) is 0 Å². The number of pyridine rings is 1. The lowest BCUT2D eigenvalue weighted by Gasteiger charge is -2.27. The molecule has 1 aromatic heterocycles. The first-order valence-corrected chi connectivity index (χ1v) is 11.1. The second kappa shape index (κ2) is 10.2. The minimum absolute atomic E-state index is 0.0133. The van der Waals surface area contributed by atoms with E-state index >= 15 is 0 Å². The van der Waals surface area contributed by atoms with E-state index in [9.17, 15) is 4.79 Å². The topological polar surface area (TPSA) is 60.8 Å². The van der Waals surface area contributed by atoms with Crippen molar-refractivity contribution in [2.45, 2.75) is 38.7 Å². The first-order chi connectivity index (χ1) is 15.6. The fraction of sp³-hybridized carbons (Fsp3) is 0.296. The van der Waals surface area contributed by atoms with Crippen molar-refractivity contribution in [3.8, 4) is 5.88 Å². The van der Waals surface area contributed by atoms with Gasteiger partial charge >= 0.3 is 5.97 Å². The number of ether oxygens (including phenoxy) is 2. The first kappa shape index (κ1) is 21.8. The van der Waals surface area contributed by atoms with Crippen LogP contribution in [0.25, 0.3) is 0 Å². The van der Waals surface area contributed by atoms with Gasteiger partial charge in [-0.15, -0.1) is 0 Å². The summed E-state index contributed by atoms with van der Waals surface area (Å²) in [6.45, 7) is 1.95. The van der Waals surface area contributed by atoms with Gasteiger partial charge in [-0.2, -0.15) is 0 Å². The minimum atomic E-state index is -0.118. The number of methoxy groups -OCH3 is 1. The zero-order valence-electron chi connectivity index (χ0n) is 18.5. The Morgan fingerprint density at radius 3 is 2.00 bits per heavy atom. The van der Waals surface area contributed by atoms with Crippen LogP contribution >= 0.6 is 0 Å². The molecule has 5 nitrogen and oxygen atoms in total. The second-order valence-corrected chi connectivity index (χ2v) is 8.06. The Labute approximate surface area is 189 Å². The summed E-state index contributed by atoms with van der Waals surface area (Å²) >= 11 is 0. The molecule has 32 heavy (non-hydrogen) atoms. The molecule has 0 amide bonds. The zero-order chi connectivity index (χ0) is 22.3. The molecular formula is C27H28N2O3. The molecule has 3 aromatic rings. The highest BCUT2D eigenvalue weighted by Gasteiger charge is 2.28. The molecule has 1 aliphatic carbocycles. The molecule has 0 unspecified atom stereocenters. The van der Waals surface area contributed by atoms with Crippen LogP contribution in [-0.2, 0) is 9.53 Å². The first-order valence-electron chi connectivity index (χ1n) is 11.1. The Morgan fingerprint density at radius 2 is 1.47 bits per heavy atom. The fourth-order valence-corrected chi connectivity index (χ4v) is 4.08. The van der Waals surface area contributed by atoms with Crippen LogP contribution in [0.1, 0.15) is 42.5 Å². The Bertz CT molecular complexity index is 1030.